The number of carbonyl (C=O) groups excluding carboxylic acids is 1. The standard InChI is InChI=1S/C8H7N.C5H10O2/c1-2-4-8-7(3-1)5-6-9-8;1-3-5(2)7-4-6/h1-6,9H;4-5H,3H2,1-2H3. The molecule has 3 heteroatoms. The average molecular weight is 219 g/mol. The summed E-state index contributed by atoms with van der Waals surface area (Å²) in [5.41, 5.74) is 1.21. The van der Waals surface area contributed by atoms with Gasteiger partial charge in [0, 0.05) is 11.7 Å². The molecule has 2 rings (SSSR count). The highest BCUT2D eigenvalue weighted by molar-refractivity contribution is 5.78. The molecule has 0 spiro atoms. The lowest BCUT2D eigenvalue weighted by molar-refractivity contribution is -0.132. The van der Waals surface area contributed by atoms with E-state index < -0.39 is 0 Å². The Morgan fingerprint density at radius 2 is 2.12 bits per heavy atom. The largest absolute Gasteiger partial charge is 0.465 e. The third-order valence-corrected chi connectivity index (χ3v) is 2.33. The van der Waals surface area contributed by atoms with E-state index in [1.165, 1.54) is 10.9 Å². The Morgan fingerprint density at radius 1 is 1.38 bits per heavy atom. The summed E-state index contributed by atoms with van der Waals surface area (Å²) in [6, 6.07) is 10.3. The fourth-order valence-electron chi connectivity index (χ4n) is 1.19. The number of aromatic nitrogens is 1. The van der Waals surface area contributed by atoms with Crippen LogP contribution in [0.2, 0.25) is 0 Å². The maximum Gasteiger partial charge on any atom is 0.293 e. The van der Waals surface area contributed by atoms with E-state index in [0.717, 1.165) is 6.42 Å². The zero-order valence-electron chi connectivity index (χ0n) is 9.64. The van der Waals surface area contributed by atoms with Crippen LogP contribution in [0.15, 0.2) is 36.5 Å². The van der Waals surface area contributed by atoms with Crippen LogP contribution in [-0.2, 0) is 9.53 Å². The minimum Gasteiger partial charge on any atom is -0.465 e. The van der Waals surface area contributed by atoms with Crippen molar-refractivity contribution in [3.05, 3.63) is 36.5 Å². The molecule has 3 nitrogen and oxygen atoms in total. The van der Waals surface area contributed by atoms with E-state index in [9.17, 15) is 4.79 Å². The van der Waals surface area contributed by atoms with Crippen molar-refractivity contribution in [2.45, 2.75) is 26.4 Å². The molecule has 1 atom stereocenters. The van der Waals surface area contributed by atoms with Crippen molar-refractivity contribution in [1.29, 1.82) is 0 Å². The van der Waals surface area contributed by atoms with Gasteiger partial charge < -0.3 is 9.72 Å². The Labute approximate surface area is 95.4 Å². The van der Waals surface area contributed by atoms with Crippen LogP contribution in [0.5, 0.6) is 0 Å². The molecule has 1 heterocycles. The first-order valence-corrected chi connectivity index (χ1v) is 5.39. The second-order valence-electron chi connectivity index (χ2n) is 3.52. The van der Waals surface area contributed by atoms with Gasteiger partial charge in [0.05, 0.1) is 6.10 Å². The van der Waals surface area contributed by atoms with Gasteiger partial charge in [-0.3, -0.25) is 4.79 Å². The van der Waals surface area contributed by atoms with Gasteiger partial charge in [-0.2, -0.15) is 0 Å². The van der Waals surface area contributed by atoms with Gasteiger partial charge in [-0.25, -0.2) is 0 Å². The van der Waals surface area contributed by atoms with Crippen molar-refractivity contribution < 1.29 is 9.53 Å². The molecule has 0 aliphatic rings. The van der Waals surface area contributed by atoms with Crippen LogP contribution in [0, 0.1) is 0 Å². The molecule has 86 valence electrons. The van der Waals surface area contributed by atoms with Gasteiger partial charge in [-0.1, -0.05) is 25.1 Å². The van der Waals surface area contributed by atoms with E-state index in [4.69, 9.17) is 0 Å². The highest BCUT2D eigenvalue weighted by atomic mass is 16.5. The van der Waals surface area contributed by atoms with E-state index in [1.54, 1.807) is 0 Å². The Hall–Kier alpha value is -1.77. The molecule has 0 fully saturated rings. The number of benzene rings is 1. The van der Waals surface area contributed by atoms with Crippen LogP contribution in [0.3, 0.4) is 0 Å². The molecule has 0 aliphatic carbocycles. The molecule has 0 radical (unpaired) electrons. The topological polar surface area (TPSA) is 42.1 Å². The molecular weight excluding hydrogens is 202 g/mol. The van der Waals surface area contributed by atoms with Gasteiger partial charge in [0.1, 0.15) is 0 Å². The van der Waals surface area contributed by atoms with Crippen molar-refractivity contribution in [3.63, 3.8) is 0 Å². The van der Waals surface area contributed by atoms with Crippen molar-refractivity contribution >= 4 is 17.4 Å². The summed E-state index contributed by atoms with van der Waals surface area (Å²) in [6.45, 7) is 4.30. The van der Waals surface area contributed by atoms with Crippen LogP contribution in [-0.4, -0.2) is 17.6 Å². The predicted octanol–water partition coefficient (Wildman–Crippen LogP) is 3.13. The number of hydrogen-bond acceptors (Lipinski definition) is 2. The number of ether oxygens (including phenoxy) is 1. The minimum absolute atomic E-state index is 0.0810. The number of fused-ring (bicyclic) bond motifs is 1. The minimum atomic E-state index is 0.0810. The van der Waals surface area contributed by atoms with Crippen LogP contribution < -0.4 is 0 Å². The van der Waals surface area contributed by atoms with E-state index >= 15 is 0 Å². The first kappa shape index (κ1) is 12.3. The Morgan fingerprint density at radius 3 is 2.69 bits per heavy atom. The normalized spacial score (nSPS) is 11.4. The number of hydrogen-bond donors (Lipinski definition) is 1. The molecule has 0 aliphatic heterocycles. The average Bonchev–Trinajstić information content (AvgIpc) is 2.78. The maximum atomic E-state index is 9.55. The van der Waals surface area contributed by atoms with Gasteiger partial charge in [0.15, 0.2) is 0 Å². The summed E-state index contributed by atoms with van der Waals surface area (Å²) >= 11 is 0. The van der Waals surface area contributed by atoms with Gasteiger partial charge in [-0.15, -0.1) is 0 Å². The molecule has 1 aromatic carbocycles. The van der Waals surface area contributed by atoms with Crippen molar-refractivity contribution in [2.75, 3.05) is 0 Å². The second-order valence-corrected chi connectivity index (χ2v) is 3.52. The molecule has 1 aromatic heterocycles. The first-order valence-electron chi connectivity index (χ1n) is 5.39. The summed E-state index contributed by atoms with van der Waals surface area (Å²) in [4.78, 5) is 12.7. The fourth-order valence-corrected chi connectivity index (χ4v) is 1.19. The molecule has 1 unspecified atom stereocenters. The zero-order valence-corrected chi connectivity index (χ0v) is 9.64. The molecule has 16 heavy (non-hydrogen) atoms. The van der Waals surface area contributed by atoms with Gasteiger partial charge in [0.25, 0.3) is 6.47 Å². The third-order valence-electron chi connectivity index (χ3n) is 2.33. The van der Waals surface area contributed by atoms with Crippen molar-refractivity contribution in [1.82, 2.24) is 4.98 Å². The van der Waals surface area contributed by atoms with E-state index in [0.29, 0.717) is 6.47 Å². The zero-order chi connectivity index (χ0) is 11.8. The molecule has 0 bridgehead atoms. The summed E-state index contributed by atoms with van der Waals surface area (Å²) in [6.07, 6.45) is 2.92. The quantitative estimate of drug-likeness (QED) is 0.806. The summed E-state index contributed by atoms with van der Waals surface area (Å²) in [5, 5.41) is 1.28. The summed E-state index contributed by atoms with van der Waals surface area (Å²) < 4.78 is 4.51. The Kier molecular flexibility index (Phi) is 5.12. The van der Waals surface area contributed by atoms with Crippen molar-refractivity contribution in [2.24, 2.45) is 0 Å². The number of H-pyrrole nitrogens is 1. The lowest BCUT2D eigenvalue weighted by Crippen LogP contribution is -2.03. The van der Waals surface area contributed by atoms with Crippen molar-refractivity contribution in [3.8, 4) is 0 Å². The van der Waals surface area contributed by atoms with E-state index in [2.05, 4.69) is 27.9 Å². The molecule has 0 saturated carbocycles. The number of para-hydroxylation sites is 1. The van der Waals surface area contributed by atoms with Crippen LogP contribution >= 0.6 is 0 Å². The maximum absolute atomic E-state index is 9.55. The number of carbonyl (C=O) groups is 1. The van der Waals surface area contributed by atoms with Crippen LogP contribution in [0.25, 0.3) is 10.9 Å². The first-order chi connectivity index (χ1) is 7.77. The predicted molar refractivity (Wildman–Crippen MR) is 65.2 cm³/mol. The second kappa shape index (κ2) is 6.67. The number of aromatic amines is 1. The smallest absolute Gasteiger partial charge is 0.293 e. The molecule has 0 amide bonds. The molecule has 0 saturated heterocycles. The highest BCUT2D eigenvalue weighted by Gasteiger charge is 1.92. The van der Waals surface area contributed by atoms with Gasteiger partial charge >= 0.3 is 0 Å². The van der Waals surface area contributed by atoms with Gasteiger partial charge in [-0.05, 0) is 30.9 Å². The SMILES string of the molecule is CCC(C)OC=O.c1ccc2[nH]ccc2c1. The van der Waals surface area contributed by atoms with Crippen LogP contribution in [0.1, 0.15) is 20.3 Å². The Bertz CT molecular complexity index is 392. The molecular formula is C13H17NO2. The third kappa shape index (κ3) is 3.77. The highest BCUT2D eigenvalue weighted by Crippen LogP contribution is 2.09. The summed E-state index contributed by atoms with van der Waals surface area (Å²) in [7, 11) is 0. The fraction of sp³-hybridized carbons (Fsp3) is 0.308. The number of rotatable bonds is 3. The van der Waals surface area contributed by atoms with E-state index in [-0.39, 0.29) is 6.10 Å². The van der Waals surface area contributed by atoms with Gasteiger partial charge in [0.2, 0.25) is 0 Å². The van der Waals surface area contributed by atoms with E-state index in [1.807, 2.05) is 32.2 Å². The summed E-state index contributed by atoms with van der Waals surface area (Å²) in [5.74, 6) is 0. The van der Waals surface area contributed by atoms with Crippen LogP contribution in [0.4, 0.5) is 0 Å². The number of nitrogens with one attached hydrogen (secondary N) is 1. The monoisotopic (exact) mass is 219 g/mol. The molecule has 1 N–H and O–H groups in total. The Balaban J connectivity index is 0.000000168. The lowest BCUT2D eigenvalue weighted by atomic mass is 10.3. The molecule has 2 aromatic rings. The lowest BCUT2D eigenvalue weighted by Gasteiger charge is -2.02.